The van der Waals surface area contributed by atoms with E-state index in [1.54, 1.807) is 0 Å². The summed E-state index contributed by atoms with van der Waals surface area (Å²) in [5.41, 5.74) is 0.420. The Morgan fingerprint density at radius 3 is 2.64 bits per heavy atom. The number of epoxide rings is 1. The van der Waals surface area contributed by atoms with Crippen molar-refractivity contribution in [2.45, 2.75) is 63.8 Å². The molecule has 0 radical (unpaired) electrons. The molecule has 3 fully saturated rings. The smallest absolute Gasteiger partial charge is 0.100 e. The quantitative estimate of drug-likeness (QED) is 0.602. The van der Waals surface area contributed by atoms with Crippen molar-refractivity contribution in [3.05, 3.63) is 0 Å². The largest absolute Gasteiger partial charge is 0.393 e. The number of fused-ring (bicyclic) bond motifs is 2. The van der Waals surface area contributed by atoms with Gasteiger partial charge < -0.3 is 9.84 Å². The van der Waals surface area contributed by atoms with Crippen LogP contribution in [0.1, 0.15) is 46.0 Å². The Morgan fingerprint density at radius 1 is 1.29 bits per heavy atom. The molecule has 2 heteroatoms. The Hall–Kier alpha value is -0.0800. The van der Waals surface area contributed by atoms with Gasteiger partial charge in [0, 0.05) is 5.41 Å². The molecule has 1 saturated heterocycles. The number of aliphatic hydroxyl groups excluding tert-OH is 1. The highest BCUT2D eigenvalue weighted by atomic mass is 16.6. The van der Waals surface area contributed by atoms with Crippen molar-refractivity contribution in [3.63, 3.8) is 0 Å². The van der Waals surface area contributed by atoms with E-state index >= 15 is 0 Å². The summed E-state index contributed by atoms with van der Waals surface area (Å²) in [5, 5.41) is 10.0. The summed E-state index contributed by atoms with van der Waals surface area (Å²) < 4.78 is 5.88. The zero-order valence-electron chi connectivity index (χ0n) is 9.12. The number of ether oxygens (including phenoxy) is 1. The van der Waals surface area contributed by atoms with Crippen LogP contribution < -0.4 is 0 Å². The molecule has 0 aromatic heterocycles. The van der Waals surface area contributed by atoms with Crippen LogP contribution in [0, 0.1) is 11.3 Å². The van der Waals surface area contributed by atoms with Gasteiger partial charge in [0.1, 0.15) is 5.60 Å². The molecule has 2 aliphatic carbocycles. The predicted molar refractivity (Wildman–Crippen MR) is 54.0 cm³/mol. The summed E-state index contributed by atoms with van der Waals surface area (Å²) >= 11 is 0. The van der Waals surface area contributed by atoms with Crippen LogP contribution in [-0.4, -0.2) is 22.9 Å². The number of aliphatic hydroxyl groups is 1. The van der Waals surface area contributed by atoms with Crippen molar-refractivity contribution in [2.24, 2.45) is 11.3 Å². The lowest BCUT2D eigenvalue weighted by Gasteiger charge is -2.42. The van der Waals surface area contributed by atoms with Gasteiger partial charge in [-0.2, -0.15) is 0 Å². The van der Waals surface area contributed by atoms with Crippen LogP contribution in [0.25, 0.3) is 0 Å². The molecule has 0 bridgehead atoms. The lowest BCUT2D eigenvalue weighted by molar-refractivity contribution is -0.0261. The van der Waals surface area contributed by atoms with Gasteiger partial charge in [0.25, 0.3) is 0 Å². The molecular formula is C12H20O2. The van der Waals surface area contributed by atoms with Crippen molar-refractivity contribution >= 4 is 0 Å². The Balaban J connectivity index is 1.94. The van der Waals surface area contributed by atoms with Crippen LogP contribution >= 0.6 is 0 Å². The first-order valence-corrected chi connectivity index (χ1v) is 5.96. The molecule has 2 saturated carbocycles. The average Bonchev–Trinajstić information content (AvgIpc) is 2.67. The van der Waals surface area contributed by atoms with E-state index in [9.17, 15) is 5.11 Å². The maximum atomic E-state index is 10.0. The molecule has 3 rings (SSSR count). The van der Waals surface area contributed by atoms with Gasteiger partial charge in [0.15, 0.2) is 0 Å². The van der Waals surface area contributed by atoms with E-state index in [0.29, 0.717) is 12.0 Å². The number of hydrogen-bond acceptors (Lipinski definition) is 2. The zero-order valence-corrected chi connectivity index (χ0v) is 9.12. The highest BCUT2D eigenvalue weighted by molar-refractivity contribution is 5.19. The fourth-order valence-electron chi connectivity index (χ4n) is 4.32. The minimum Gasteiger partial charge on any atom is -0.393 e. The van der Waals surface area contributed by atoms with Crippen molar-refractivity contribution in [3.8, 4) is 0 Å². The van der Waals surface area contributed by atoms with Gasteiger partial charge in [-0.1, -0.05) is 13.3 Å². The molecule has 0 aromatic carbocycles. The predicted octanol–water partition coefficient (Wildman–Crippen LogP) is 2.10. The van der Waals surface area contributed by atoms with Crippen LogP contribution in [0.3, 0.4) is 0 Å². The summed E-state index contributed by atoms with van der Waals surface area (Å²) in [5.74, 6) is 0.501. The minimum absolute atomic E-state index is 0.0653. The van der Waals surface area contributed by atoms with Crippen molar-refractivity contribution in [1.29, 1.82) is 0 Å². The molecule has 5 atom stereocenters. The lowest BCUT2D eigenvalue weighted by Crippen LogP contribution is -2.44. The van der Waals surface area contributed by atoms with Gasteiger partial charge in [0.2, 0.25) is 0 Å². The number of hydrogen-bond donors (Lipinski definition) is 1. The zero-order chi connectivity index (χ0) is 9.97. The molecule has 1 N–H and O–H groups in total. The summed E-state index contributed by atoms with van der Waals surface area (Å²) in [4.78, 5) is 0. The Morgan fingerprint density at radius 2 is 2.00 bits per heavy atom. The summed E-state index contributed by atoms with van der Waals surface area (Å²) in [6.45, 7) is 4.53. The molecule has 1 heterocycles. The molecule has 1 aliphatic heterocycles. The van der Waals surface area contributed by atoms with Crippen LogP contribution in [-0.2, 0) is 4.74 Å². The highest BCUT2D eigenvalue weighted by Crippen LogP contribution is 2.67. The fourth-order valence-corrected chi connectivity index (χ4v) is 4.32. The Bertz CT molecular complexity index is 265. The third-order valence-corrected chi connectivity index (χ3v) is 5.26. The van der Waals surface area contributed by atoms with E-state index < -0.39 is 0 Å². The molecular weight excluding hydrogens is 176 g/mol. The first kappa shape index (κ1) is 9.17. The second-order valence-corrected chi connectivity index (χ2v) is 5.67. The average molecular weight is 196 g/mol. The molecule has 0 amide bonds. The van der Waals surface area contributed by atoms with Gasteiger partial charge in [-0.25, -0.2) is 0 Å². The normalized spacial score (nSPS) is 61.5. The van der Waals surface area contributed by atoms with Gasteiger partial charge in [-0.3, -0.25) is 0 Å². The molecule has 80 valence electrons. The molecule has 0 unspecified atom stereocenters. The number of rotatable bonds is 0. The third-order valence-electron chi connectivity index (χ3n) is 5.26. The maximum absolute atomic E-state index is 10.0. The first-order valence-electron chi connectivity index (χ1n) is 5.96. The second kappa shape index (κ2) is 2.53. The van der Waals surface area contributed by atoms with Crippen molar-refractivity contribution in [2.75, 3.05) is 0 Å². The van der Waals surface area contributed by atoms with Crippen LogP contribution in [0.5, 0.6) is 0 Å². The molecule has 0 aromatic rings. The van der Waals surface area contributed by atoms with E-state index in [-0.39, 0.29) is 17.1 Å². The van der Waals surface area contributed by atoms with E-state index in [1.165, 1.54) is 25.7 Å². The molecule has 14 heavy (non-hydrogen) atoms. The molecule has 2 nitrogen and oxygen atoms in total. The minimum atomic E-state index is -0.0653. The summed E-state index contributed by atoms with van der Waals surface area (Å²) in [6, 6.07) is 0. The summed E-state index contributed by atoms with van der Waals surface area (Å²) in [6.07, 6.45) is 6.14. The van der Waals surface area contributed by atoms with E-state index in [2.05, 4.69) is 13.8 Å². The standard InChI is InChI=1S/C12H20O2/c1-8-12(14-8)7-5-9-10(13)4-3-6-11(9,12)2/h8-10,13H,3-7H2,1-2H3/t8-,9-,10-,11-,12-/m0/s1. The maximum Gasteiger partial charge on any atom is 0.100 e. The molecule has 3 aliphatic rings. The fraction of sp³-hybridized carbons (Fsp3) is 1.00. The van der Waals surface area contributed by atoms with Crippen LogP contribution in [0.2, 0.25) is 0 Å². The van der Waals surface area contributed by atoms with Crippen molar-refractivity contribution in [1.82, 2.24) is 0 Å². The monoisotopic (exact) mass is 196 g/mol. The highest BCUT2D eigenvalue weighted by Gasteiger charge is 2.71. The van der Waals surface area contributed by atoms with Gasteiger partial charge in [0.05, 0.1) is 12.2 Å². The Kier molecular flexibility index (Phi) is 1.66. The topological polar surface area (TPSA) is 32.8 Å². The SMILES string of the molecule is C[C@@H]1O[C@@]12CC[C@H]1[C@@H](O)CCC[C@@]12C. The Labute approximate surface area is 85.6 Å². The van der Waals surface area contributed by atoms with Gasteiger partial charge in [-0.05, 0) is 38.5 Å². The molecule has 1 spiro atoms. The van der Waals surface area contributed by atoms with Crippen LogP contribution in [0.15, 0.2) is 0 Å². The summed E-state index contributed by atoms with van der Waals surface area (Å²) in [7, 11) is 0. The van der Waals surface area contributed by atoms with E-state index in [1.807, 2.05) is 0 Å². The van der Waals surface area contributed by atoms with E-state index in [0.717, 1.165) is 6.42 Å². The second-order valence-electron chi connectivity index (χ2n) is 5.67. The van der Waals surface area contributed by atoms with Crippen LogP contribution in [0.4, 0.5) is 0 Å². The lowest BCUT2D eigenvalue weighted by atomic mass is 9.63. The third kappa shape index (κ3) is 0.849. The first-order chi connectivity index (χ1) is 6.60. The van der Waals surface area contributed by atoms with Crippen molar-refractivity contribution < 1.29 is 9.84 Å². The van der Waals surface area contributed by atoms with Gasteiger partial charge in [-0.15, -0.1) is 0 Å². The van der Waals surface area contributed by atoms with E-state index in [4.69, 9.17) is 4.74 Å². The van der Waals surface area contributed by atoms with Gasteiger partial charge >= 0.3 is 0 Å².